The number of amides is 1. The second-order valence-corrected chi connectivity index (χ2v) is 7.70. The van der Waals surface area contributed by atoms with Crippen LogP contribution in [0.4, 0.5) is 5.82 Å². The maximum absolute atomic E-state index is 13.1. The Kier molecular flexibility index (Phi) is 6.50. The molecule has 1 fully saturated rings. The number of aliphatic hydroxyl groups excluding tert-OH is 1. The smallest absolute Gasteiger partial charge is 0.337 e. The van der Waals surface area contributed by atoms with Crippen LogP contribution in [0.5, 0.6) is 5.75 Å². The van der Waals surface area contributed by atoms with Crippen LogP contribution >= 0.6 is 0 Å². The van der Waals surface area contributed by atoms with E-state index in [0.717, 1.165) is 0 Å². The number of carbonyl (C=O) groups excluding carboxylic acids is 3. The molecule has 1 aromatic heterocycles. The SMILES string of the molecule is C=CCOc1ccc(/C(O)=C2\C(=O)C(=O)N(c3cc(C)on3)[C@H]2c2ccc(C(=O)OC)cc2)cc1. The predicted molar refractivity (Wildman–Crippen MR) is 126 cm³/mol. The van der Waals surface area contributed by atoms with E-state index < -0.39 is 23.7 Å². The fraction of sp³-hybridized carbons (Fsp3) is 0.154. The fourth-order valence-electron chi connectivity index (χ4n) is 3.79. The summed E-state index contributed by atoms with van der Waals surface area (Å²) >= 11 is 0. The summed E-state index contributed by atoms with van der Waals surface area (Å²) in [5.41, 5.74) is 0.966. The van der Waals surface area contributed by atoms with E-state index in [2.05, 4.69) is 11.7 Å². The Labute approximate surface area is 200 Å². The van der Waals surface area contributed by atoms with Gasteiger partial charge < -0.3 is 19.1 Å². The van der Waals surface area contributed by atoms with Crippen LogP contribution in [-0.4, -0.2) is 41.6 Å². The highest BCUT2D eigenvalue weighted by atomic mass is 16.5. The van der Waals surface area contributed by atoms with E-state index in [-0.39, 0.29) is 17.2 Å². The van der Waals surface area contributed by atoms with Crippen molar-refractivity contribution in [2.24, 2.45) is 0 Å². The van der Waals surface area contributed by atoms with Crippen LogP contribution in [-0.2, 0) is 14.3 Å². The zero-order valence-corrected chi connectivity index (χ0v) is 19.1. The first kappa shape index (κ1) is 23.5. The monoisotopic (exact) mass is 474 g/mol. The van der Waals surface area contributed by atoms with Gasteiger partial charge in [-0.3, -0.25) is 14.5 Å². The van der Waals surface area contributed by atoms with Crippen LogP contribution in [0.3, 0.4) is 0 Å². The summed E-state index contributed by atoms with van der Waals surface area (Å²) in [5.74, 6) is -1.52. The number of aromatic nitrogens is 1. The molecule has 2 aromatic carbocycles. The number of hydrogen-bond acceptors (Lipinski definition) is 8. The summed E-state index contributed by atoms with van der Waals surface area (Å²) in [6.07, 6.45) is 1.60. The van der Waals surface area contributed by atoms with Gasteiger partial charge in [0, 0.05) is 11.6 Å². The number of aryl methyl sites for hydroxylation is 1. The van der Waals surface area contributed by atoms with Crippen molar-refractivity contribution in [2.75, 3.05) is 18.6 Å². The average molecular weight is 474 g/mol. The third-order valence-corrected chi connectivity index (χ3v) is 5.45. The lowest BCUT2D eigenvalue weighted by atomic mass is 9.94. The molecule has 9 heteroatoms. The highest BCUT2D eigenvalue weighted by molar-refractivity contribution is 6.51. The number of nitrogens with zero attached hydrogens (tertiary/aromatic N) is 2. The van der Waals surface area contributed by atoms with E-state index in [1.54, 1.807) is 49.4 Å². The van der Waals surface area contributed by atoms with E-state index in [1.165, 1.54) is 30.2 Å². The average Bonchev–Trinajstić information content (AvgIpc) is 3.42. The molecular formula is C26H22N2O7. The van der Waals surface area contributed by atoms with Crippen LogP contribution in [0.1, 0.15) is 33.3 Å². The summed E-state index contributed by atoms with van der Waals surface area (Å²) in [6.45, 7) is 5.57. The standard InChI is InChI=1S/C26H22N2O7/c1-4-13-34-19-11-9-17(10-12-19)23(29)21-22(16-5-7-18(8-6-16)26(32)33-3)28(25(31)24(21)30)20-14-15(2)35-27-20/h4-12,14,22,29H,1,13H2,2-3H3/b23-21+/t22-/m0/s1. The molecule has 1 aliphatic heterocycles. The third-order valence-electron chi connectivity index (χ3n) is 5.45. The zero-order valence-electron chi connectivity index (χ0n) is 19.1. The predicted octanol–water partition coefficient (Wildman–Crippen LogP) is 3.96. The lowest BCUT2D eigenvalue weighted by Gasteiger charge is -2.23. The van der Waals surface area contributed by atoms with Gasteiger partial charge >= 0.3 is 11.9 Å². The number of rotatable bonds is 7. The number of ketones is 1. The molecule has 178 valence electrons. The van der Waals surface area contributed by atoms with Gasteiger partial charge in [0.2, 0.25) is 0 Å². The molecule has 0 saturated carbocycles. The molecule has 0 spiro atoms. The lowest BCUT2D eigenvalue weighted by Crippen LogP contribution is -2.29. The van der Waals surface area contributed by atoms with Crippen molar-refractivity contribution in [3.05, 3.63) is 95.3 Å². The van der Waals surface area contributed by atoms with Crippen molar-refractivity contribution in [1.82, 2.24) is 5.16 Å². The molecule has 0 bridgehead atoms. The number of aliphatic hydroxyl groups is 1. The van der Waals surface area contributed by atoms with Gasteiger partial charge in [-0.15, -0.1) is 0 Å². The minimum Gasteiger partial charge on any atom is -0.507 e. The van der Waals surface area contributed by atoms with Crippen molar-refractivity contribution in [2.45, 2.75) is 13.0 Å². The quantitative estimate of drug-likeness (QED) is 0.180. The number of methoxy groups -OCH3 is 1. The second kappa shape index (κ2) is 9.68. The summed E-state index contributed by atoms with van der Waals surface area (Å²) in [4.78, 5) is 39.3. The number of Topliss-reactive ketones (excluding diaryl/α,β-unsaturated/α-hetero) is 1. The van der Waals surface area contributed by atoms with Crippen molar-refractivity contribution in [1.29, 1.82) is 0 Å². The molecular weight excluding hydrogens is 452 g/mol. The van der Waals surface area contributed by atoms with Crippen LogP contribution in [0.25, 0.3) is 5.76 Å². The van der Waals surface area contributed by atoms with Gasteiger partial charge in [0.1, 0.15) is 23.9 Å². The number of hydrogen-bond donors (Lipinski definition) is 1. The number of benzene rings is 2. The molecule has 0 radical (unpaired) electrons. The van der Waals surface area contributed by atoms with E-state index in [0.29, 0.717) is 34.8 Å². The number of ether oxygens (including phenoxy) is 2. The van der Waals surface area contributed by atoms with E-state index in [1.807, 2.05) is 0 Å². The van der Waals surface area contributed by atoms with Crippen LogP contribution < -0.4 is 9.64 Å². The summed E-state index contributed by atoms with van der Waals surface area (Å²) in [6, 6.07) is 13.1. The van der Waals surface area contributed by atoms with Crippen molar-refractivity contribution in [3.63, 3.8) is 0 Å². The number of carbonyl (C=O) groups is 3. The van der Waals surface area contributed by atoms with Crippen LogP contribution in [0, 0.1) is 6.92 Å². The summed E-state index contributed by atoms with van der Waals surface area (Å²) < 4.78 is 15.3. The summed E-state index contributed by atoms with van der Waals surface area (Å²) in [5, 5.41) is 15.1. The Bertz CT molecular complexity index is 1320. The first-order chi connectivity index (χ1) is 16.8. The Morgan fingerprint density at radius 1 is 1.14 bits per heavy atom. The molecule has 0 unspecified atom stereocenters. The first-order valence-corrected chi connectivity index (χ1v) is 10.6. The Morgan fingerprint density at radius 2 is 1.80 bits per heavy atom. The summed E-state index contributed by atoms with van der Waals surface area (Å²) in [7, 11) is 1.27. The van der Waals surface area contributed by atoms with Gasteiger partial charge in [-0.1, -0.05) is 29.9 Å². The molecule has 0 aliphatic carbocycles. The normalized spacial score (nSPS) is 16.9. The molecule has 35 heavy (non-hydrogen) atoms. The Morgan fingerprint density at radius 3 is 2.37 bits per heavy atom. The highest BCUT2D eigenvalue weighted by Gasteiger charge is 2.48. The molecule has 9 nitrogen and oxygen atoms in total. The van der Waals surface area contributed by atoms with Gasteiger partial charge in [-0.25, -0.2) is 4.79 Å². The van der Waals surface area contributed by atoms with E-state index >= 15 is 0 Å². The molecule has 3 aromatic rings. The van der Waals surface area contributed by atoms with Gasteiger partial charge in [0.15, 0.2) is 5.82 Å². The highest BCUT2D eigenvalue weighted by Crippen LogP contribution is 2.42. The number of esters is 1. The molecule has 1 atom stereocenters. The van der Waals surface area contributed by atoms with E-state index in [4.69, 9.17) is 14.0 Å². The van der Waals surface area contributed by atoms with Crippen LogP contribution in [0.15, 0.2) is 77.3 Å². The maximum atomic E-state index is 13.1. The van der Waals surface area contributed by atoms with Gasteiger partial charge in [-0.05, 0) is 48.9 Å². The van der Waals surface area contributed by atoms with Gasteiger partial charge in [-0.2, -0.15) is 0 Å². The first-order valence-electron chi connectivity index (χ1n) is 10.6. The fourth-order valence-corrected chi connectivity index (χ4v) is 3.79. The lowest BCUT2D eigenvalue weighted by molar-refractivity contribution is -0.132. The molecule has 1 N–H and O–H groups in total. The Balaban J connectivity index is 1.83. The second-order valence-electron chi connectivity index (χ2n) is 7.70. The molecule has 1 amide bonds. The number of anilines is 1. The topological polar surface area (TPSA) is 119 Å². The van der Waals surface area contributed by atoms with Gasteiger partial charge in [0.05, 0.1) is 24.3 Å². The third kappa shape index (κ3) is 4.43. The Hall–Kier alpha value is -4.66. The molecule has 2 heterocycles. The van der Waals surface area contributed by atoms with E-state index in [9.17, 15) is 19.5 Å². The molecule has 4 rings (SSSR count). The van der Waals surface area contributed by atoms with Crippen LogP contribution in [0.2, 0.25) is 0 Å². The molecule has 1 saturated heterocycles. The van der Waals surface area contributed by atoms with Crippen molar-refractivity contribution < 1.29 is 33.5 Å². The van der Waals surface area contributed by atoms with Crippen molar-refractivity contribution >= 4 is 29.2 Å². The maximum Gasteiger partial charge on any atom is 0.337 e. The largest absolute Gasteiger partial charge is 0.507 e. The minimum atomic E-state index is -1.01. The molecule has 1 aliphatic rings. The minimum absolute atomic E-state index is 0.124. The zero-order chi connectivity index (χ0) is 25.1. The van der Waals surface area contributed by atoms with Gasteiger partial charge in [0.25, 0.3) is 5.78 Å². The van der Waals surface area contributed by atoms with Crippen molar-refractivity contribution in [3.8, 4) is 5.75 Å².